The SMILES string of the molecule is CCNc1ccc(C(=O)NN2CCN(C)CC2)cc1. The molecule has 0 bridgehead atoms. The lowest BCUT2D eigenvalue weighted by Gasteiger charge is -2.32. The van der Waals surface area contributed by atoms with E-state index in [9.17, 15) is 4.79 Å². The lowest BCUT2D eigenvalue weighted by Crippen LogP contribution is -2.52. The van der Waals surface area contributed by atoms with Crippen LogP contribution in [0.15, 0.2) is 24.3 Å². The molecule has 0 atom stereocenters. The Morgan fingerprint density at radius 1 is 1.16 bits per heavy atom. The minimum atomic E-state index is -0.0346. The van der Waals surface area contributed by atoms with Gasteiger partial charge in [0.25, 0.3) is 5.91 Å². The number of likely N-dealkylation sites (N-methyl/N-ethyl adjacent to an activating group) is 1. The number of anilines is 1. The molecule has 0 spiro atoms. The van der Waals surface area contributed by atoms with Crippen molar-refractivity contribution in [1.29, 1.82) is 0 Å². The molecular formula is C14H22N4O. The van der Waals surface area contributed by atoms with E-state index >= 15 is 0 Å². The molecule has 0 aliphatic carbocycles. The fourth-order valence-corrected chi connectivity index (χ4v) is 2.07. The van der Waals surface area contributed by atoms with E-state index in [1.165, 1.54) is 0 Å². The normalized spacial score (nSPS) is 17.2. The summed E-state index contributed by atoms with van der Waals surface area (Å²) in [6, 6.07) is 7.57. The highest BCUT2D eigenvalue weighted by molar-refractivity contribution is 5.94. The fraction of sp³-hybridized carbons (Fsp3) is 0.500. The van der Waals surface area contributed by atoms with E-state index in [0.29, 0.717) is 5.56 Å². The molecule has 1 heterocycles. The van der Waals surface area contributed by atoms with Crippen LogP contribution >= 0.6 is 0 Å². The summed E-state index contributed by atoms with van der Waals surface area (Å²) in [6.45, 7) is 6.65. The third kappa shape index (κ3) is 3.94. The molecule has 1 aromatic rings. The van der Waals surface area contributed by atoms with Crippen molar-refractivity contribution in [2.45, 2.75) is 6.92 Å². The zero-order valence-electron chi connectivity index (χ0n) is 11.6. The number of carbonyl (C=O) groups is 1. The van der Waals surface area contributed by atoms with Crippen molar-refractivity contribution in [2.75, 3.05) is 45.1 Å². The van der Waals surface area contributed by atoms with Gasteiger partial charge in [-0.2, -0.15) is 0 Å². The number of benzene rings is 1. The smallest absolute Gasteiger partial charge is 0.265 e. The van der Waals surface area contributed by atoms with Gasteiger partial charge < -0.3 is 10.2 Å². The first-order valence-corrected chi connectivity index (χ1v) is 6.77. The summed E-state index contributed by atoms with van der Waals surface area (Å²) in [6.07, 6.45) is 0. The van der Waals surface area contributed by atoms with E-state index in [2.05, 4.69) is 22.7 Å². The Morgan fingerprint density at radius 2 is 1.79 bits per heavy atom. The standard InChI is InChI=1S/C14H22N4O/c1-3-15-13-6-4-12(5-7-13)14(19)16-18-10-8-17(2)9-11-18/h4-7,15H,3,8-11H2,1-2H3,(H,16,19). The third-order valence-electron chi connectivity index (χ3n) is 3.29. The van der Waals surface area contributed by atoms with Crippen molar-refractivity contribution in [2.24, 2.45) is 0 Å². The van der Waals surface area contributed by atoms with Crippen LogP contribution in [0.25, 0.3) is 0 Å². The largest absolute Gasteiger partial charge is 0.385 e. The van der Waals surface area contributed by atoms with E-state index in [-0.39, 0.29) is 5.91 Å². The molecule has 1 aromatic carbocycles. The molecule has 1 amide bonds. The van der Waals surface area contributed by atoms with Crippen LogP contribution in [0.2, 0.25) is 0 Å². The summed E-state index contributed by atoms with van der Waals surface area (Å²) < 4.78 is 0. The number of hydrazine groups is 1. The van der Waals surface area contributed by atoms with Gasteiger partial charge in [0.05, 0.1) is 0 Å². The maximum Gasteiger partial charge on any atom is 0.265 e. The Bertz CT molecular complexity index is 410. The van der Waals surface area contributed by atoms with Crippen LogP contribution in [0.3, 0.4) is 0 Å². The highest BCUT2D eigenvalue weighted by Gasteiger charge is 2.16. The summed E-state index contributed by atoms with van der Waals surface area (Å²) >= 11 is 0. The van der Waals surface area contributed by atoms with Crippen molar-refractivity contribution in [3.05, 3.63) is 29.8 Å². The molecule has 1 aliphatic heterocycles. The monoisotopic (exact) mass is 262 g/mol. The van der Waals surface area contributed by atoms with Gasteiger partial charge in [0.15, 0.2) is 0 Å². The summed E-state index contributed by atoms with van der Waals surface area (Å²) in [5, 5.41) is 5.20. The van der Waals surface area contributed by atoms with Gasteiger partial charge in [0, 0.05) is 44.0 Å². The Morgan fingerprint density at radius 3 is 2.37 bits per heavy atom. The third-order valence-corrected chi connectivity index (χ3v) is 3.29. The molecule has 0 unspecified atom stereocenters. The second-order valence-electron chi connectivity index (χ2n) is 4.84. The average molecular weight is 262 g/mol. The Kier molecular flexibility index (Phi) is 4.76. The maximum absolute atomic E-state index is 12.1. The number of nitrogens with zero attached hydrogens (tertiary/aromatic N) is 2. The first-order chi connectivity index (χ1) is 9.19. The second-order valence-corrected chi connectivity index (χ2v) is 4.84. The molecule has 1 fully saturated rings. The van der Waals surface area contributed by atoms with Crippen LogP contribution in [0, 0.1) is 0 Å². The van der Waals surface area contributed by atoms with E-state index < -0.39 is 0 Å². The van der Waals surface area contributed by atoms with Crippen LogP contribution in [-0.4, -0.2) is 55.6 Å². The van der Waals surface area contributed by atoms with Crippen LogP contribution in [0.5, 0.6) is 0 Å². The summed E-state index contributed by atoms with van der Waals surface area (Å²) in [5.74, 6) is -0.0346. The average Bonchev–Trinajstić information content (AvgIpc) is 2.42. The quantitative estimate of drug-likeness (QED) is 0.850. The van der Waals surface area contributed by atoms with Gasteiger partial charge in [-0.05, 0) is 38.2 Å². The molecule has 0 saturated carbocycles. The molecule has 0 aromatic heterocycles. The minimum absolute atomic E-state index is 0.0346. The lowest BCUT2D eigenvalue weighted by molar-refractivity contribution is 0.0662. The van der Waals surface area contributed by atoms with Gasteiger partial charge in [0.2, 0.25) is 0 Å². The van der Waals surface area contributed by atoms with Gasteiger partial charge in [-0.25, -0.2) is 5.01 Å². The van der Waals surface area contributed by atoms with Crippen molar-refractivity contribution >= 4 is 11.6 Å². The molecule has 104 valence electrons. The van der Waals surface area contributed by atoms with Crippen LogP contribution < -0.4 is 10.7 Å². The van der Waals surface area contributed by atoms with Crippen LogP contribution in [0.4, 0.5) is 5.69 Å². The molecule has 0 radical (unpaired) electrons. The summed E-state index contributed by atoms with van der Waals surface area (Å²) in [4.78, 5) is 14.3. The molecule has 5 heteroatoms. The zero-order chi connectivity index (χ0) is 13.7. The molecule has 1 aliphatic rings. The number of hydrogen-bond donors (Lipinski definition) is 2. The van der Waals surface area contributed by atoms with E-state index in [4.69, 9.17) is 0 Å². The zero-order valence-corrected chi connectivity index (χ0v) is 11.6. The first kappa shape index (κ1) is 13.8. The van der Waals surface area contributed by atoms with Crippen LogP contribution in [-0.2, 0) is 0 Å². The van der Waals surface area contributed by atoms with Crippen molar-refractivity contribution in [3.8, 4) is 0 Å². The second kappa shape index (κ2) is 6.54. The predicted molar refractivity (Wildman–Crippen MR) is 77.1 cm³/mol. The predicted octanol–water partition coefficient (Wildman–Crippen LogP) is 1.01. The lowest BCUT2D eigenvalue weighted by atomic mass is 10.2. The highest BCUT2D eigenvalue weighted by atomic mass is 16.2. The number of amides is 1. The first-order valence-electron chi connectivity index (χ1n) is 6.77. The number of carbonyl (C=O) groups excluding carboxylic acids is 1. The van der Waals surface area contributed by atoms with Gasteiger partial charge in [-0.15, -0.1) is 0 Å². The van der Waals surface area contributed by atoms with Crippen molar-refractivity contribution < 1.29 is 4.79 Å². The van der Waals surface area contributed by atoms with E-state index in [1.807, 2.05) is 36.2 Å². The van der Waals surface area contributed by atoms with Crippen molar-refractivity contribution in [1.82, 2.24) is 15.3 Å². The summed E-state index contributed by atoms with van der Waals surface area (Å²) in [5.41, 5.74) is 4.69. The fourth-order valence-electron chi connectivity index (χ4n) is 2.07. The molecule has 2 rings (SSSR count). The molecule has 2 N–H and O–H groups in total. The number of hydrogen-bond acceptors (Lipinski definition) is 4. The van der Waals surface area contributed by atoms with Gasteiger partial charge in [-0.1, -0.05) is 0 Å². The maximum atomic E-state index is 12.1. The highest BCUT2D eigenvalue weighted by Crippen LogP contribution is 2.09. The molecular weight excluding hydrogens is 240 g/mol. The molecule has 19 heavy (non-hydrogen) atoms. The Labute approximate surface area is 114 Å². The molecule has 5 nitrogen and oxygen atoms in total. The van der Waals surface area contributed by atoms with Crippen LogP contribution in [0.1, 0.15) is 17.3 Å². The summed E-state index contributed by atoms with van der Waals surface area (Å²) in [7, 11) is 2.10. The topological polar surface area (TPSA) is 47.6 Å². The van der Waals surface area contributed by atoms with E-state index in [1.54, 1.807) is 0 Å². The van der Waals surface area contributed by atoms with Gasteiger partial charge in [0.1, 0.15) is 0 Å². The Balaban J connectivity index is 1.88. The van der Waals surface area contributed by atoms with E-state index in [0.717, 1.165) is 38.4 Å². The van der Waals surface area contributed by atoms with Gasteiger partial charge >= 0.3 is 0 Å². The number of rotatable bonds is 4. The molecule has 1 saturated heterocycles. The van der Waals surface area contributed by atoms with Gasteiger partial charge in [-0.3, -0.25) is 10.2 Å². The number of nitrogens with one attached hydrogen (secondary N) is 2. The Hall–Kier alpha value is -1.59. The minimum Gasteiger partial charge on any atom is -0.385 e. The van der Waals surface area contributed by atoms with Crippen molar-refractivity contribution in [3.63, 3.8) is 0 Å². The number of piperazine rings is 1.